The molecule has 158 valence electrons. The van der Waals surface area contributed by atoms with Crippen LogP contribution in [0.1, 0.15) is 43.3 Å². The van der Waals surface area contributed by atoms with Crippen LogP contribution >= 0.6 is 0 Å². The van der Waals surface area contributed by atoms with Crippen LogP contribution in [0.5, 0.6) is 0 Å². The Morgan fingerprint density at radius 2 is 1.58 bits per heavy atom. The van der Waals surface area contributed by atoms with Gasteiger partial charge in [-0.1, -0.05) is 44.5 Å². The Balaban J connectivity index is 1.82. The van der Waals surface area contributed by atoms with Crippen molar-refractivity contribution in [3.63, 3.8) is 0 Å². The number of rotatable bonds is 3. The number of hydrogen-bond acceptors (Lipinski definition) is 2. The van der Waals surface area contributed by atoms with Gasteiger partial charge in [0.25, 0.3) is 0 Å². The molecule has 0 saturated heterocycles. The van der Waals surface area contributed by atoms with Gasteiger partial charge in [0.05, 0.1) is 5.39 Å². The summed E-state index contributed by atoms with van der Waals surface area (Å²) in [5.74, 6) is 0.898. The predicted molar refractivity (Wildman–Crippen MR) is 129 cm³/mol. The Hall–Kier alpha value is -3.07. The molecule has 0 N–H and O–H groups in total. The SMILES string of the molecule is Cc1cc(C)c(C)c(-c2ccc3c(-c4cnc(CC(C)(C)C)nc4)cccc3[n+]2C)c1. The van der Waals surface area contributed by atoms with E-state index in [0.717, 1.165) is 17.8 Å². The van der Waals surface area contributed by atoms with Crippen molar-refractivity contribution < 1.29 is 4.57 Å². The molecule has 3 nitrogen and oxygen atoms in total. The van der Waals surface area contributed by atoms with Crippen molar-refractivity contribution in [1.29, 1.82) is 0 Å². The van der Waals surface area contributed by atoms with Gasteiger partial charge in [0, 0.05) is 42.1 Å². The predicted octanol–water partition coefficient (Wildman–Crippen LogP) is 6.30. The summed E-state index contributed by atoms with van der Waals surface area (Å²) in [7, 11) is 2.15. The molecule has 0 spiro atoms. The fourth-order valence-electron chi connectivity index (χ4n) is 4.31. The van der Waals surface area contributed by atoms with Gasteiger partial charge < -0.3 is 0 Å². The molecule has 2 heterocycles. The maximum Gasteiger partial charge on any atom is 0.213 e. The summed E-state index contributed by atoms with van der Waals surface area (Å²) >= 11 is 0. The van der Waals surface area contributed by atoms with Crippen LogP contribution in [0.4, 0.5) is 0 Å². The van der Waals surface area contributed by atoms with Gasteiger partial charge in [-0.25, -0.2) is 9.97 Å². The first-order chi connectivity index (χ1) is 14.6. The average Bonchev–Trinajstić information content (AvgIpc) is 2.70. The first-order valence-corrected chi connectivity index (χ1v) is 11.0. The molecular formula is C28H32N3+. The molecule has 2 aromatic heterocycles. The second kappa shape index (κ2) is 7.88. The summed E-state index contributed by atoms with van der Waals surface area (Å²) in [6.45, 7) is 13.2. The Morgan fingerprint density at radius 1 is 0.871 bits per heavy atom. The van der Waals surface area contributed by atoms with E-state index in [4.69, 9.17) is 0 Å². The van der Waals surface area contributed by atoms with Crippen LogP contribution < -0.4 is 4.57 Å². The van der Waals surface area contributed by atoms with E-state index < -0.39 is 0 Å². The Kier molecular flexibility index (Phi) is 5.38. The van der Waals surface area contributed by atoms with Gasteiger partial charge in [-0.15, -0.1) is 0 Å². The topological polar surface area (TPSA) is 29.7 Å². The minimum atomic E-state index is 0.178. The number of benzene rings is 2. The highest BCUT2D eigenvalue weighted by atomic mass is 14.9. The lowest BCUT2D eigenvalue weighted by molar-refractivity contribution is -0.633. The Morgan fingerprint density at radius 3 is 2.26 bits per heavy atom. The van der Waals surface area contributed by atoms with Gasteiger partial charge in [0.1, 0.15) is 12.9 Å². The average molecular weight is 411 g/mol. The van der Waals surface area contributed by atoms with E-state index in [1.54, 1.807) is 0 Å². The quantitative estimate of drug-likeness (QED) is 0.371. The monoisotopic (exact) mass is 410 g/mol. The molecule has 3 heteroatoms. The molecule has 4 aromatic rings. The van der Waals surface area contributed by atoms with E-state index >= 15 is 0 Å². The Labute approximate surface area is 185 Å². The zero-order valence-corrected chi connectivity index (χ0v) is 19.7. The highest BCUT2D eigenvalue weighted by molar-refractivity contribution is 5.93. The number of aromatic nitrogens is 3. The van der Waals surface area contributed by atoms with Crippen molar-refractivity contribution >= 4 is 10.9 Å². The van der Waals surface area contributed by atoms with Gasteiger partial charge in [-0.05, 0) is 55.0 Å². The smallest absolute Gasteiger partial charge is 0.213 e. The number of aryl methyl sites for hydroxylation is 3. The molecule has 0 radical (unpaired) electrons. The van der Waals surface area contributed by atoms with Crippen LogP contribution in [-0.4, -0.2) is 9.97 Å². The molecule has 0 atom stereocenters. The van der Waals surface area contributed by atoms with Gasteiger partial charge >= 0.3 is 0 Å². The van der Waals surface area contributed by atoms with E-state index in [2.05, 4.69) is 106 Å². The van der Waals surface area contributed by atoms with Gasteiger partial charge in [0.2, 0.25) is 11.2 Å². The van der Waals surface area contributed by atoms with E-state index in [0.29, 0.717) is 0 Å². The van der Waals surface area contributed by atoms with Crippen LogP contribution in [0.2, 0.25) is 0 Å². The second-order valence-electron chi connectivity index (χ2n) is 9.90. The lowest BCUT2D eigenvalue weighted by atomic mass is 9.92. The lowest BCUT2D eigenvalue weighted by Gasteiger charge is -2.16. The molecule has 0 aliphatic heterocycles. The number of hydrogen-bond donors (Lipinski definition) is 0. The molecule has 0 bridgehead atoms. The molecule has 0 amide bonds. The molecule has 4 rings (SSSR count). The van der Waals surface area contributed by atoms with Gasteiger partial charge in [0.15, 0.2) is 0 Å². The van der Waals surface area contributed by atoms with Crippen molar-refractivity contribution in [2.24, 2.45) is 12.5 Å². The Bertz CT molecular complexity index is 1260. The van der Waals surface area contributed by atoms with Crippen molar-refractivity contribution in [1.82, 2.24) is 9.97 Å². The first kappa shape index (κ1) is 21.2. The maximum absolute atomic E-state index is 4.65. The number of nitrogens with zero attached hydrogens (tertiary/aromatic N) is 3. The van der Waals surface area contributed by atoms with Crippen molar-refractivity contribution in [2.75, 3.05) is 0 Å². The molecule has 0 saturated carbocycles. The minimum Gasteiger partial charge on any atom is -0.241 e. The summed E-state index contributed by atoms with van der Waals surface area (Å²) in [6.07, 6.45) is 4.80. The molecule has 31 heavy (non-hydrogen) atoms. The van der Waals surface area contributed by atoms with Crippen LogP contribution in [0.3, 0.4) is 0 Å². The third-order valence-electron chi connectivity index (χ3n) is 6.01. The van der Waals surface area contributed by atoms with E-state index in [1.807, 2.05) is 12.4 Å². The molecule has 0 aliphatic rings. The largest absolute Gasteiger partial charge is 0.241 e. The molecule has 0 aliphatic carbocycles. The van der Waals surface area contributed by atoms with Gasteiger partial charge in [-0.3, -0.25) is 0 Å². The van der Waals surface area contributed by atoms with Crippen molar-refractivity contribution in [3.8, 4) is 22.4 Å². The van der Waals surface area contributed by atoms with E-state index in [-0.39, 0.29) is 5.41 Å². The highest BCUT2D eigenvalue weighted by Gasteiger charge is 2.19. The van der Waals surface area contributed by atoms with Crippen LogP contribution in [0.25, 0.3) is 33.3 Å². The van der Waals surface area contributed by atoms with Crippen molar-refractivity contribution in [3.05, 3.63) is 77.4 Å². The summed E-state index contributed by atoms with van der Waals surface area (Å²) < 4.78 is 2.30. The van der Waals surface area contributed by atoms with Crippen molar-refractivity contribution in [2.45, 2.75) is 48.0 Å². The molecular weight excluding hydrogens is 378 g/mol. The lowest BCUT2D eigenvalue weighted by Crippen LogP contribution is -2.32. The molecule has 0 fully saturated rings. The second-order valence-corrected chi connectivity index (χ2v) is 9.90. The standard InChI is InChI=1S/C28H32N3/c1-18-13-19(2)20(3)24(14-18)26-12-11-23-22(9-8-10-25(23)31(26)7)21-16-29-27(30-17-21)15-28(4,5)6/h8-14,16-17H,15H2,1-7H3/q+1. The summed E-state index contributed by atoms with van der Waals surface area (Å²) in [6, 6.07) is 15.5. The summed E-state index contributed by atoms with van der Waals surface area (Å²) in [5.41, 5.74) is 10.1. The van der Waals surface area contributed by atoms with Crippen LogP contribution in [-0.2, 0) is 13.5 Å². The van der Waals surface area contributed by atoms with Crippen LogP contribution in [0.15, 0.2) is 54.9 Å². The fourth-order valence-corrected chi connectivity index (χ4v) is 4.31. The normalized spacial score (nSPS) is 11.8. The van der Waals surface area contributed by atoms with E-state index in [9.17, 15) is 0 Å². The third-order valence-corrected chi connectivity index (χ3v) is 6.01. The highest BCUT2D eigenvalue weighted by Crippen LogP contribution is 2.30. The number of fused-ring (bicyclic) bond motifs is 1. The summed E-state index contributed by atoms with van der Waals surface area (Å²) in [4.78, 5) is 9.30. The fraction of sp³-hybridized carbons (Fsp3) is 0.321. The minimum absolute atomic E-state index is 0.178. The number of pyridine rings is 1. The zero-order valence-electron chi connectivity index (χ0n) is 19.7. The van der Waals surface area contributed by atoms with Crippen LogP contribution in [0, 0.1) is 26.2 Å². The maximum atomic E-state index is 4.65. The van der Waals surface area contributed by atoms with E-state index in [1.165, 1.54) is 44.4 Å². The summed E-state index contributed by atoms with van der Waals surface area (Å²) in [5, 5.41) is 1.21. The molecule has 2 aromatic carbocycles. The zero-order chi connectivity index (χ0) is 22.3. The van der Waals surface area contributed by atoms with Gasteiger partial charge in [-0.2, -0.15) is 4.57 Å². The third kappa shape index (κ3) is 4.23. The first-order valence-electron chi connectivity index (χ1n) is 11.0. The molecule has 0 unspecified atom stereocenters.